The van der Waals surface area contributed by atoms with Gasteiger partial charge in [-0.3, -0.25) is 5.43 Å². The molecule has 0 aromatic carbocycles. The van der Waals surface area contributed by atoms with Crippen LogP contribution in [-0.2, 0) is 0 Å². The summed E-state index contributed by atoms with van der Waals surface area (Å²) >= 11 is 3.64. The van der Waals surface area contributed by atoms with Gasteiger partial charge < -0.3 is 5.32 Å². The Morgan fingerprint density at radius 2 is 2.24 bits per heavy atom. The average Bonchev–Trinajstić information content (AvgIpc) is 2.88. The summed E-state index contributed by atoms with van der Waals surface area (Å²) in [6.45, 7) is 2.09. The van der Waals surface area contributed by atoms with Gasteiger partial charge in [0.2, 0.25) is 5.95 Å². The molecule has 1 aliphatic rings. The highest BCUT2D eigenvalue weighted by atomic mass is 32.2. The second-order valence-electron chi connectivity index (χ2n) is 5.48. The minimum absolute atomic E-state index is 0.476. The Bertz CT molecular complexity index is 627. The highest BCUT2D eigenvalue weighted by Gasteiger charge is 2.22. The van der Waals surface area contributed by atoms with Crippen LogP contribution in [0, 0.1) is 6.92 Å². The first-order valence-corrected chi connectivity index (χ1v) is 9.34. The summed E-state index contributed by atoms with van der Waals surface area (Å²) in [6, 6.07) is 2.64. The molecule has 0 amide bonds. The molecule has 114 valence electrons. The van der Waals surface area contributed by atoms with Crippen molar-refractivity contribution in [3.05, 3.63) is 10.9 Å². The summed E-state index contributed by atoms with van der Waals surface area (Å²) in [4.78, 5) is 11.2. The van der Waals surface area contributed by atoms with E-state index in [0.717, 1.165) is 21.3 Å². The van der Waals surface area contributed by atoms with Gasteiger partial charge in [0.1, 0.15) is 10.6 Å². The normalized spacial score (nSPS) is 22.4. The molecule has 2 heterocycles. The standard InChI is InChI=1S/C14H21N5S2/c1-8-6-11-12(17-14(19-15)18-13(11)21-8)16-9-4-3-5-10(7-9)20-2/h6,9-10H,3-5,7,15H2,1-2H3,(H2,16,17,18,19). The molecule has 2 aromatic heterocycles. The van der Waals surface area contributed by atoms with Gasteiger partial charge in [0.15, 0.2) is 0 Å². The maximum absolute atomic E-state index is 5.49. The van der Waals surface area contributed by atoms with Crippen LogP contribution in [0.5, 0.6) is 0 Å². The number of nitrogens with two attached hydrogens (primary N) is 1. The highest BCUT2D eigenvalue weighted by Crippen LogP contribution is 2.33. The fourth-order valence-corrected chi connectivity index (χ4v) is 4.61. The van der Waals surface area contributed by atoms with Crippen LogP contribution < -0.4 is 16.6 Å². The molecule has 0 aliphatic heterocycles. The van der Waals surface area contributed by atoms with Crippen LogP contribution >= 0.6 is 23.1 Å². The maximum Gasteiger partial charge on any atom is 0.240 e. The molecule has 3 rings (SSSR count). The van der Waals surface area contributed by atoms with Crippen molar-refractivity contribution >= 4 is 45.1 Å². The lowest BCUT2D eigenvalue weighted by atomic mass is 9.95. The smallest absolute Gasteiger partial charge is 0.240 e. The highest BCUT2D eigenvalue weighted by molar-refractivity contribution is 7.99. The predicted octanol–water partition coefficient (Wildman–Crippen LogP) is 3.37. The van der Waals surface area contributed by atoms with Gasteiger partial charge in [0.25, 0.3) is 0 Å². The Labute approximate surface area is 133 Å². The Kier molecular flexibility index (Phi) is 4.51. The zero-order valence-corrected chi connectivity index (χ0v) is 14.0. The first-order valence-electron chi connectivity index (χ1n) is 7.23. The van der Waals surface area contributed by atoms with Crippen molar-refractivity contribution < 1.29 is 0 Å². The van der Waals surface area contributed by atoms with Crippen molar-refractivity contribution in [3.8, 4) is 0 Å². The fourth-order valence-electron chi connectivity index (χ4n) is 2.90. The molecule has 1 aliphatic carbocycles. The van der Waals surface area contributed by atoms with Crippen molar-refractivity contribution in [2.45, 2.75) is 43.9 Å². The number of anilines is 2. The molecule has 1 fully saturated rings. The Hall–Kier alpha value is -1.05. The van der Waals surface area contributed by atoms with Crippen LogP contribution in [0.3, 0.4) is 0 Å². The third-order valence-corrected chi connectivity index (χ3v) is 5.98. The van der Waals surface area contributed by atoms with Crippen molar-refractivity contribution in [1.82, 2.24) is 9.97 Å². The van der Waals surface area contributed by atoms with Crippen molar-refractivity contribution in [3.63, 3.8) is 0 Å². The number of nitrogens with one attached hydrogen (secondary N) is 2. The van der Waals surface area contributed by atoms with Crippen molar-refractivity contribution in [1.29, 1.82) is 0 Å². The van der Waals surface area contributed by atoms with E-state index in [1.54, 1.807) is 11.3 Å². The van der Waals surface area contributed by atoms with Gasteiger partial charge in [-0.25, -0.2) is 10.8 Å². The van der Waals surface area contributed by atoms with Crippen LogP contribution in [0.2, 0.25) is 0 Å². The number of nitrogen functional groups attached to an aromatic ring is 1. The lowest BCUT2D eigenvalue weighted by Crippen LogP contribution is -2.29. The van der Waals surface area contributed by atoms with E-state index in [1.165, 1.54) is 30.6 Å². The first-order chi connectivity index (χ1) is 10.2. The molecule has 0 spiro atoms. The number of nitrogens with zero attached hydrogens (tertiary/aromatic N) is 2. The van der Waals surface area contributed by atoms with E-state index in [4.69, 9.17) is 5.84 Å². The van der Waals surface area contributed by atoms with E-state index in [9.17, 15) is 0 Å². The van der Waals surface area contributed by atoms with E-state index >= 15 is 0 Å². The monoisotopic (exact) mass is 323 g/mol. The van der Waals surface area contributed by atoms with E-state index in [2.05, 4.69) is 40.0 Å². The van der Waals surface area contributed by atoms with E-state index in [1.807, 2.05) is 11.8 Å². The average molecular weight is 323 g/mol. The van der Waals surface area contributed by atoms with Gasteiger partial charge in [-0.2, -0.15) is 16.7 Å². The molecule has 4 N–H and O–H groups in total. The summed E-state index contributed by atoms with van der Waals surface area (Å²) in [5.74, 6) is 6.87. The number of hydrogen-bond donors (Lipinski definition) is 3. The third kappa shape index (κ3) is 3.25. The summed E-state index contributed by atoms with van der Waals surface area (Å²) in [6.07, 6.45) is 7.21. The van der Waals surface area contributed by atoms with Crippen LogP contribution in [0.15, 0.2) is 6.07 Å². The number of fused-ring (bicyclic) bond motifs is 1. The van der Waals surface area contributed by atoms with Gasteiger partial charge in [-0.1, -0.05) is 6.42 Å². The van der Waals surface area contributed by atoms with Crippen molar-refractivity contribution in [2.24, 2.45) is 5.84 Å². The number of hydrogen-bond acceptors (Lipinski definition) is 7. The molecule has 7 heteroatoms. The molecule has 0 radical (unpaired) electrons. The first kappa shape index (κ1) is 14.9. The Morgan fingerprint density at radius 3 is 3.00 bits per heavy atom. The predicted molar refractivity (Wildman–Crippen MR) is 93.1 cm³/mol. The molecule has 0 saturated heterocycles. The van der Waals surface area contributed by atoms with Crippen LogP contribution in [-0.4, -0.2) is 27.5 Å². The second kappa shape index (κ2) is 6.37. The topological polar surface area (TPSA) is 75.9 Å². The Balaban J connectivity index is 1.88. The molecule has 21 heavy (non-hydrogen) atoms. The molecule has 1 saturated carbocycles. The minimum atomic E-state index is 0.476. The minimum Gasteiger partial charge on any atom is -0.367 e. The summed E-state index contributed by atoms with van der Waals surface area (Å²) in [5.41, 5.74) is 2.57. The molecule has 5 nitrogen and oxygen atoms in total. The number of aromatic nitrogens is 2. The van der Waals surface area contributed by atoms with Crippen molar-refractivity contribution in [2.75, 3.05) is 17.0 Å². The summed E-state index contributed by atoms with van der Waals surface area (Å²) in [5, 5.41) is 5.48. The summed E-state index contributed by atoms with van der Waals surface area (Å²) < 4.78 is 0. The Morgan fingerprint density at radius 1 is 1.38 bits per heavy atom. The van der Waals surface area contributed by atoms with Crippen LogP contribution in [0.4, 0.5) is 11.8 Å². The number of hydrazine groups is 1. The maximum atomic E-state index is 5.49. The lowest BCUT2D eigenvalue weighted by Gasteiger charge is -2.29. The van der Waals surface area contributed by atoms with Crippen LogP contribution in [0.1, 0.15) is 30.6 Å². The largest absolute Gasteiger partial charge is 0.367 e. The quantitative estimate of drug-likeness (QED) is 0.591. The van der Waals surface area contributed by atoms with E-state index < -0.39 is 0 Å². The number of thiophene rings is 1. The van der Waals surface area contributed by atoms with Gasteiger partial charge in [0, 0.05) is 16.2 Å². The van der Waals surface area contributed by atoms with Gasteiger partial charge in [-0.05, 0) is 38.5 Å². The number of aryl methyl sites for hydroxylation is 1. The zero-order valence-electron chi connectivity index (χ0n) is 12.3. The third-order valence-electron chi connectivity index (χ3n) is 3.95. The van der Waals surface area contributed by atoms with Crippen LogP contribution in [0.25, 0.3) is 10.2 Å². The van der Waals surface area contributed by atoms with Gasteiger partial charge in [0.05, 0.1) is 5.39 Å². The van der Waals surface area contributed by atoms with Gasteiger partial charge >= 0.3 is 0 Å². The number of thioether (sulfide) groups is 1. The molecule has 2 unspecified atom stereocenters. The molecule has 2 aromatic rings. The molecule has 2 atom stereocenters. The fraction of sp³-hybridized carbons (Fsp3) is 0.571. The molecular weight excluding hydrogens is 302 g/mol. The number of rotatable bonds is 4. The van der Waals surface area contributed by atoms with Gasteiger partial charge in [-0.15, -0.1) is 11.3 Å². The lowest BCUT2D eigenvalue weighted by molar-refractivity contribution is 0.473. The van der Waals surface area contributed by atoms with E-state index in [-0.39, 0.29) is 0 Å². The SMILES string of the molecule is CSC1CCCC(Nc2nc(NN)nc3sc(C)cc23)C1. The zero-order chi connectivity index (χ0) is 14.8. The summed E-state index contributed by atoms with van der Waals surface area (Å²) in [7, 11) is 0. The molecular formula is C14H21N5S2. The second-order valence-corrected chi connectivity index (χ2v) is 7.85. The molecule has 0 bridgehead atoms. The van der Waals surface area contributed by atoms with E-state index in [0.29, 0.717) is 12.0 Å².